The molecule has 0 bridgehead atoms. The number of carbonyl (C=O) groups excluding carboxylic acids is 4. The molecule has 37 heavy (non-hydrogen) atoms. The van der Waals surface area contributed by atoms with Crippen molar-refractivity contribution < 1.29 is 42.9 Å². The molecule has 2 fully saturated rings. The summed E-state index contributed by atoms with van der Waals surface area (Å²) in [7, 11) is 0. The van der Waals surface area contributed by atoms with Gasteiger partial charge in [-0.1, -0.05) is 27.7 Å². The van der Waals surface area contributed by atoms with Crippen LogP contribution in [0.15, 0.2) is 0 Å². The van der Waals surface area contributed by atoms with E-state index >= 15 is 0 Å². The van der Waals surface area contributed by atoms with E-state index in [2.05, 4.69) is 27.7 Å². The monoisotopic (exact) mass is 528 g/mol. The van der Waals surface area contributed by atoms with Crippen molar-refractivity contribution in [1.29, 1.82) is 0 Å². The molecule has 214 valence electrons. The van der Waals surface area contributed by atoms with Crippen LogP contribution in [0.4, 0.5) is 0 Å². The SMILES string of the molecule is CC(=O)CCC(=O)OCC(C)(C)C1OC(C)C(C)(C)C(C)(C)O1.CC(=O)CCC(=O)OCC1CCCO1. The van der Waals surface area contributed by atoms with Crippen molar-refractivity contribution in [2.75, 3.05) is 19.8 Å². The molecule has 0 aromatic heterocycles. The average molecular weight is 529 g/mol. The van der Waals surface area contributed by atoms with Gasteiger partial charge >= 0.3 is 11.9 Å². The molecule has 2 aliphatic heterocycles. The molecule has 0 spiro atoms. The highest BCUT2D eigenvalue weighted by Gasteiger charge is 2.52. The van der Waals surface area contributed by atoms with Gasteiger partial charge in [0.15, 0.2) is 6.29 Å². The number of hydrogen-bond acceptors (Lipinski definition) is 9. The van der Waals surface area contributed by atoms with E-state index in [9.17, 15) is 19.2 Å². The molecule has 9 nitrogen and oxygen atoms in total. The third-order valence-electron chi connectivity index (χ3n) is 7.36. The molecule has 3 unspecified atom stereocenters. The van der Waals surface area contributed by atoms with Crippen LogP contribution in [0.2, 0.25) is 0 Å². The minimum atomic E-state index is -0.478. The van der Waals surface area contributed by atoms with Crippen LogP contribution in [-0.2, 0) is 42.9 Å². The van der Waals surface area contributed by atoms with E-state index in [0.29, 0.717) is 6.61 Å². The lowest BCUT2D eigenvalue weighted by Gasteiger charge is -2.54. The molecule has 0 aromatic carbocycles. The Morgan fingerprint density at radius 3 is 1.89 bits per heavy atom. The summed E-state index contributed by atoms with van der Waals surface area (Å²) in [4.78, 5) is 44.3. The van der Waals surface area contributed by atoms with Crippen LogP contribution >= 0.6 is 0 Å². The highest BCUT2D eigenvalue weighted by Crippen LogP contribution is 2.46. The molecule has 3 atom stereocenters. The fourth-order valence-electron chi connectivity index (χ4n) is 3.63. The summed E-state index contributed by atoms with van der Waals surface area (Å²) in [5.74, 6) is -0.676. The smallest absolute Gasteiger partial charge is 0.306 e. The molecule has 2 aliphatic rings. The topological polar surface area (TPSA) is 114 Å². The first-order valence-electron chi connectivity index (χ1n) is 13.2. The van der Waals surface area contributed by atoms with Gasteiger partial charge in [0, 0.05) is 30.3 Å². The lowest BCUT2D eigenvalue weighted by Crippen LogP contribution is -2.60. The molecule has 0 N–H and O–H groups in total. The maximum atomic E-state index is 11.7. The van der Waals surface area contributed by atoms with E-state index < -0.39 is 11.7 Å². The fourth-order valence-corrected chi connectivity index (χ4v) is 3.63. The van der Waals surface area contributed by atoms with Gasteiger partial charge in [-0.3, -0.25) is 9.59 Å². The van der Waals surface area contributed by atoms with Gasteiger partial charge in [0.25, 0.3) is 0 Å². The Bertz CT molecular complexity index is 779. The molecule has 0 aromatic rings. The summed E-state index contributed by atoms with van der Waals surface area (Å²) >= 11 is 0. The van der Waals surface area contributed by atoms with E-state index in [1.54, 1.807) is 0 Å². The predicted molar refractivity (Wildman–Crippen MR) is 138 cm³/mol. The second kappa shape index (κ2) is 14.4. The summed E-state index contributed by atoms with van der Waals surface area (Å²) in [5.41, 5.74) is -0.961. The van der Waals surface area contributed by atoms with Crippen molar-refractivity contribution >= 4 is 23.5 Å². The second-order valence-electron chi connectivity index (χ2n) is 11.8. The van der Waals surface area contributed by atoms with Gasteiger partial charge in [0.2, 0.25) is 0 Å². The largest absolute Gasteiger partial charge is 0.465 e. The minimum absolute atomic E-state index is 0.0130. The summed E-state index contributed by atoms with van der Waals surface area (Å²) in [6, 6.07) is 0. The molecular formula is C28H48O9. The molecule has 2 heterocycles. The second-order valence-corrected chi connectivity index (χ2v) is 11.8. The molecule has 0 aliphatic carbocycles. The van der Waals surface area contributed by atoms with Crippen molar-refractivity contribution in [2.24, 2.45) is 10.8 Å². The van der Waals surface area contributed by atoms with Gasteiger partial charge in [-0.05, 0) is 47.5 Å². The third kappa shape index (κ3) is 11.2. The molecule has 9 heteroatoms. The Morgan fingerprint density at radius 1 is 0.892 bits per heavy atom. The fraction of sp³-hybridized carbons (Fsp3) is 0.857. The predicted octanol–water partition coefficient (Wildman–Crippen LogP) is 4.57. The van der Waals surface area contributed by atoms with Gasteiger partial charge in [-0.2, -0.15) is 0 Å². The van der Waals surface area contributed by atoms with E-state index in [1.807, 2.05) is 20.8 Å². The summed E-state index contributed by atoms with van der Waals surface area (Å²) in [5, 5.41) is 0. The first-order chi connectivity index (χ1) is 17.0. The number of hydrogen-bond donors (Lipinski definition) is 0. The average Bonchev–Trinajstić information content (AvgIpc) is 3.31. The zero-order valence-corrected chi connectivity index (χ0v) is 24.3. The van der Waals surface area contributed by atoms with Crippen LogP contribution < -0.4 is 0 Å². The van der Waals surface area contributed by atoms with Gasteiger partial charge < -0.3 is 33.3 Å². The van der Waals surface area contributed by atoms with Crippen LogP contribution in [0.1, 0.15) is 101 Å². The van der Waals surface area contributed by atoms with Crippen molar-refractivity contribution in [3.8, 4) is 0 Å². The third-order valence-corrected chi connectivity index (χ3v) is 7.36. The Kier molecular flexibility index (Phi) is 12.9. The van der Waals surface area contributed by atoms with Crippen LogP contribution in [0.3, 0.4) is 0 Å². The Hall–Kier alpha value is -1.84. The normalized spacial score (nSPS) is 24.4. The maximum Gasteiger partial charge on any atom is 0.306 e. The first kappa shape index (κ1) is 33.2. The summed E-state index contributed by atoms with van der Waals surface area (Å²) in [6.45, 7) is 18.6. The highest BCUT2D eigenvalue weighted by atomic mass is 16.7. The molecule has 2 rings (SSSR count). The van der Waals surface area contributed by atoms with E-state index in [1.165, 1.54) is 13.8 Å². The standard InChI is InChI=1S/C18H32O5.C10H16O4/c1-12(19)9-10-14(20)21-11-16(3,4)15-22-13(2)17(5,6)18(7,8)23-15;1-8(11)4-5-10(12)14-7-9-3-2-6-13-9/h13,15H,9-11H2,1-8H3;9H,2-7H2,1H3. The van der Waals surface area contributed by atoms with Gasteiger partial charge in [-0.25, -0.2) is 0 Å². The van der Waals surface area contributed by atoms with Gasteiger partial charge in [0.05, 0.1) is 30.7 Å². The van der Waals surface area contributed by atoms with E-state index in [-0.39, 0.29) is 79.0 Å². The Balaban J connectivity index is 0.000000417. The first-order valence-corrected chi connectivity index (χ1v) is 13.2. The molecular weight excluding hydrogens is 480 g/mol. The van der Waals surface area contributed by atoms with Crippen molar-refractivity contribution in [3.63, 3.8) is 0 Å². The summed E-state index contributed by atoms with van der Waals surface area (Å²) < 4.78 is 27.8. The minimum Gasteiger partial charge on any atom is -0.465 e. The number of ketones is 2. The number of rotatable bonds is 11. The molecule has 0 radical (unpaired) electrons. The van der Waals surface area contributed by atoms with Crippen LogP contribution in [0.25, 0.3) is 0 Å². The van der Waals surface area contributed by atoms with Crippen molar-refractivity contribution in [1.82, 2.24) is 0 Å². The summed E-state index contributed by atoms with van der Waals surface area (Å²) in [6.07, 6.45) is 2.41. The van der Waals surface area contributed by atoms with Gasteiger partial charge in [-0.15, -0.1) is 0 Å². The number of carbonyl (C=O) groups is 4. The maximum absolute atomic E-state index is 11.7. The quantitative estimate of drug-likeness (QED) is 0.356. The molecule has 0 amide bonds. The Morgan fingerprint density at radius 2 is 1.43 bits per heavy atom. The molecule has 2 saturated heterocycles. The number of Topliss-reactive ketones (excluding diaryl/α,β-unsaturated/α-hetero) is 2. The lowest BCUT2D eigenvalue weighted by molar-refractivity contribution is -0.352. The van der Waals surface area contributed by atoms with Gasteiger partial charge in [0.1, 0.15) is 24.8 Å². The lowest BCUT2D eigenvalue weighted by atomic mass is 9.71. The number of esters is 2. The molecule has 0 saturated carbocycles. The zero-order chi connectivity index (χ0) is 28.4. The van der Waals surface area contributed by atoms with E-state index in [0.717, 1.165) is 19.4 Å². The van der Waals surface area contributed by atoms with Crippen LogP contribution in [0, 0.1) is 10.8 Å². The van der Waals surface area contributed by atoms with Crippen LogP contribution in [0.5, 0.6) is 0 Å². The van der Waals surface area contributed by atoms with Crippen molar-refractivity contribution in [3.05, 3.63) is 0 Å². The van der Waals surface area contributed by atoms with E-state index in [4.69, 9.17) is 23.7 Å². The zero-order valence-electron chi connectivity index (χ0n) is 24.3. The van der Waals surface area contributed by atoms with Crippen molar-refractivity contribution in [2.45, 2.75) is 125 Å². The highest BCUT2D eigenvalue weighted by molar-refractivity contribution is 5.81. The van der Waals surface area contributed by atoms with Crippen LogP contribution in [-0.4, -0.2) is 67.4 Å². The number of ether oxygens (including phenoxy) is 5. The Labute approximate surface area is 222 Å².